The van der Waals surface area contributed by atoms with Crippen molar-refractivity contribution < 1.29 is 9.53 Å². The van der Waals surface area contributed by atoms with Crippen molar-refractivity contribution in [2.75, 3.05) is 11.9 Å². The summed E-state index contributed by atoms with van der Waals surface area (Å²) in [6.45, 7) is 7.06. The Bertz CT molecular complexity index is 876. The van der Waals surface area contributed by atoms with Gasteiger partial charge >= 0.3 is 0 Å². The number of ether oxygens (including phenoxy) is 1. The summed E-state index contributed by atoms with van der Waals surface area (Å²) in [4.78, 5) is 16.3. The second-order valence-electron chi connectivity index (χ2n) is 7.35. The lowest BCUT2D eigenvalue weighted by molar-refractivity contribution is -0.116. The summed E-state index contributed by atoms with van der Waals surface area (Å²) >= 11 is 0. The van der Waals surface area contributed by atoms with E-state index in [1.807, 2.05) is 40.9 Å². The van der Waals surface area contributed by atoms with Crippen molar-refractivity contribution in [3.8, 4) is 5.75 Å². The molecule has 0 aliphatic rings. The van der Waals surface area contributed by atoms with E-state index in [2.05, 4.69) is 43.2 Å². The van der Waals surface area contributed by atoms with Crippen LogP contribution in [0, 0.1) is 0 Å². The first kappa shape index (κ1) is 18.0. The lowest BCUT2D eigenvalue weighted by Crippen LogP contribution is -2.15. The van der Waals surface area contributed by atoms with Gasteiger partial charge in [0.2, 0.25) is 11.9 Å². The number of anilines is 1. The normalized spacial score (nSPS) is 11.5. The monoisotopic (exact) mass is 351 g/mol. The molecular formula is C21H25N3O2. The van der Waals surface area contributed by atoms with Gasteiger partial charge in [-0.15, -0.1) is 0 Å². The Morgan fingerprint density at radius 3 is 2.65 bits per heavy atom. The Hall–Kier alpha value is -2.82. The van der Waals surface area contributed by atoms with Gasteiger partial charge in [0.1, 0.15) is 5.75 Å². The van der Waals surface area contributed by atoms with Crippen LogP contribution in [0.5, 0.6) is 5.75 Å². The second-order valence-corrected chi connectivity index (χ2v) is 7.35. The molecule has 0 radical (unpaired) electrons. The third kappa shape index (κ3) is 4.42. The lowest BCUT2D eigenvalue weighted by atomic mass is 9.87. The summed E-state index contributed by atoms with van der Waals surface area (Å²) in [6.07, 6.45) is 4.65. The highest BCUT2D eigenvalue weighted by Gasteiger charge is 2.13. The summed E-state index contributed by atoms with van der Waals surface area (Å²) in [5.74, 6) is 1.31. The average molecular weight is 351 g/mol. The minimum atomic E-state index is -0.0620. The molecule has 0 saturated carbocycles. The van der Waals surface area contributed by atoms with Crippen LogP contribution in [0.3, 0.4) is 0 Å². The Balaban J connectivity index is 1.44. The van der Waals surface area contributed by atoms with E-state index < -0.39 is 0 Å². The van der Waals surface area contributed by atoms with Crippen LogP contribution in [0.2, 0.25) is 0 Å². The second kappa shape index (κ2) is 7.60. The van der Waals surface area contributed by atoms with E-state index in [0.29, 0.717) is 25.4 Å². The maximum Gasteiger partial charge on any atom is 0.226 e. The molecule has 26 heavy (non-hydrogen) atoms. The van der Waals surface area contributed by atoms with Crippen LogP contribution in [0.4, 0.5) is 5.95 Å². The van der Waals surface area contributed by atoms with Crippen LogP contribution >= 0.6 is 0 Å². The summed E-state index contributed by atoms with van der Waals surface area (Å²) in [5, 5.41) is 2.85. The number of fused-ring (bicyclic) bond motifs is 1. The van der Waals surface area contributed by atoms with E-state index in [-0.39, 0.29) is 11.3 Å². The lowest BCUT2D eigenvalue weighted by Gasteiger charge is -2.19. The molecule has 1 amide bonds. The molecule has 5 heteroatoms. The number of nitrogens with one attached hydrogen (secondary N) is 1. The predicted octanol–water partition coefficient (Wildman–Crippen LogP) is 4.43. The maximum atomic E-state index is 12.1. The quantitative estimate of drug-likeness (QED) is 0.669. The van der Waals surface area contributed by atoms with Crippen LogP contribution in [-0.2, 0) is 10.2 Å². The van der Waals surface area contributed by atoms with Crippen molar-refractivity contribution in [1.82, 2.24) is 9.38 Å². The summed E-state index contributed by atoms with van der Waals surface area (Å²) < 4.78 is 7.58. The molecule has 2 aromatic heterocycles. The van der Waals surface area contributed by atoms with Crippen LogP contribution in [0.1, 0.15) is 39.2 Å². The number of benzene rings is 1. The molecule has 0 aliphatic heterocycles. The van der Waals surface area contributed by atoms with Gasteiger partial charge in [-0.3, -0.25) is 14.5 Å². The van der Waals surface area contributed by atoms with E-state index in [9.17, 15) is 4.79 Å². The predicted molar refractivity (Wildman–Crippen MR) is 104 cm³/mol. The first-order valence-electron chi connectivity index (χ1n) is 8.89. The zero-order chi connectivity index (χ0) is 18.6. The minimum absolute atomic E-state index is 0.0620. The number of hydrogen-bond donors (Lipinski definition) is 1. The van der Waals surface area contributed by atoms with E-state index in [1.165, 1.54) is 5.56 Å². The number of carbonyl (C=O) groups excluding carboxylic acids is 1. The molecule has 2 heterocycles. The Morgan fingerprint density at radius 1 is 1.15 bits per heavy atom. The first-order valence-corrected chi connectivity index (χ1v) is 8.89. The molecule has 1 aromatic carbocycles. The molecule has 0 unspecified atom stereocenters. The first-order chi connectivity index (χ1) is 12.4. The van der Waals surface area contributed by atoms with E-state index in [4.69, 9.17) is 4.74 Å². The SMILES string of the molecule is CC(C)(C)c1ccc(OCCCC(=O)Nc2ncc3ccccn23)cc1. The molecule has 0 saturated heterocycles. The van der Waals surface area contributed by atoms with Crippen molar-refractivity contribution in [3.63, 3.8) is 0 Å². The van der Waals surface area contributed by atoms with Gasteiger partial charge in [0.05, 0.1) is 18.3 Å². The fourth-order valence-electron chi connectivity index (χ4n) is 2.70. The Morgan fingerprint density at radius 2 is 1.92 bits per heavy atom. The highest BCUT2D eigenvalue weighted by molar-refractivity contribution is 5.89. The molecular weight excluding hydrogens is 326 g/mol. The molecule has 0 bridgehead atoms. The number of rotatable bonds is 6. The van der Waals surface area contributed by atoms with Crippen LogP contribution in [0.25, 0.3) is 5.52 Å². The van der Waals surface area contributed by atoms with Crippen LogP contribution in [-0.4, -0.2) is 21.9 Å². The average Bonchev–Trinajstić information content (AvgIpc) is 3.01. The molecule has 0 aliphatic carbocycles. The molecule has 3 aromatic rings. The molecule has 3 rings (SSSR count). The standard InChI is InChI=1S/C21H25N3O2/c1-21(2,3)16-9-11-18(12-10-16)26-14-6-8-19(25)23-20-22-15-17-7-4-5-13-24(17)20/h4-5,7,9-13,15H,6,8,14H2,1-3H3,(H,22,23,25). The van der Waals surface area contributed by atoms with Gasteiger partial charge in [-0.25, -0.2) is 4.98 Å². The van der Waals surface area contributed by atoms with Crippen molar-refractivity contribution in [2.24, 2.45) is 0 Å². The van der Waals surface area contributed by atoms with E-state index >= 15 is 0 Å². The van der Waals surface area contributed by atoms with Gasteiger partial charge in [-0.2, -0.15) is 0 Å². The number of nitrogens with zero attached hydrogens (tertiary/aromatic N) is 2. The van der Waals surface area contributed by atoms with Crippen molar-refractivity contribution in [3.05, 3.63) is 60.4 Å². The van der Waals surface area contributed by atoms with Gasteiger partial charge in [-0.05, 0) is 41.7 Å². The van der Waals surface area contributed by atoms with Gasteiger partial charge in [0.25, 0.3) is 0 Å². The molecule has 1 N–H and O–H groups in total. The third-order valence-corrected chi connectivity index (χ3v) is 4.23. The van der Waals surface area contributed by atoms with Gasteiger partial charge in [-0.1, -0.05) is 39.0 Å². The van der Waals surface area contributed by atoms with Gasteiger partial charge in [0.15, 0.2) is 0 Å². The number of carbonyl (C=O) groups is 1. The van der Waals surface area contributed by atoms with Crippen molar-refractivity contribution >= 4 is 17.4 Å². The zero-order valence-electron chi connectivity index (χ0n) is 15.5. The topological polar surface area (TPSA) is 55.6 Å². The third-order valence-electron chi connectivity index (χ3n) is 4.23. The number of imidazole rings is 1. The smallest absolute Gasteiger partial charge is 0.226 e. The minimum Gasteiger partial charge on any atom is -0.494 e. The van der Waals surface area contributed by atoms with Crippen molar-refractivity contribution in [1.29, 1.82) is 0 Å². The maximum absolute atomic E-state index is 12.1. The fraction of sp³-hybridized carbons (Fsp3) is 0.333. The summed E-state index contributed by atoms with van der Waals surface area (Å²) in [7, 11) is 0. The number of aromatic nitrogens is 2. The Kier molecular flexibility index (Phi) is 5.26. The van der Waals surface area contributed by atoms with Crippen LogP contribution in [0.15, 0.2) is 54.9 Å². The highest BCUT2D eigenvalue weighted by atomic mass is 16.5. The van der Waals surface area contributed by atoms with Gasteiger partial charge < -0.3 is 4.74 Å². The number of amides is 1. The molecule has 5 nitrogen and oxygen atoms in total. The molecule has 0 atom stereocenters. The zero-order valence-corrected chi connectivity index (χ0v) is 15.5. The molecule has 0 spiro atoms. The van der Waals surface area contributed by atoms with Crippen LogP contribution < -0.4 is 10.1 Å². The molecule has 0 fully saturated rings. The van der Waals surface area contributed by atoms with E-state index in [0.717, 1.165) is 11.3 Å². The number of hydrogen-bond acceptors (Lipinski definition) is 3. The van der Waals surface area contributed by atoms with E-state index in [1.54, 1.807) is 6.20 Å². The largest absolute Gasteiger partial charge is 0.494 e. The molecule has 136 valence electrons. The summed E-state index contributed by atoms with van der Waals surface area (Å²) in [5.41, 5.74) is 2.36. The fourth-order valence-corrected chi connectivity index (χ4v) is 2.70. The van der Waals surface area contributed by atoms with Crippen molar-refractivity contribution in [2.45, 2.75) is 39.0 Å². The van der Waals surface area contributed by atoms with Gasteiger partial charge in [0, 0.05) is 12.6 Å². The highest BCUT2D eigenvalue weighted by Crippen LogP contribution is 2.24. The Labute approximate surface area is 154 Å². The summed E-state index contributed by atoms with van der Waals surface area (Å²) in [6, 6.07) is 13.9. The number of pyridine rings is 1.